The van der Waals surface area contributed by atoms with Crippen LogP contribution in [0.1, 0.15) is 80.3 Å². The van der Waals surface area contributed by atoms with Gasteiger partial charge in [-0.3, -0.25) is 9.69 Å². The fourth-order valence-corrected chi connectivity index (χ4v) is 11.8. The zero-order valence-electron chi connectivity index (χ0n) is 32.5. The Labute approximate surface area is 330 Å². The van der Waals surface area contributed by atoms with Crippen LogP contribution in [0.25, 0.3) is 0 Å². The van der Waals surface area contributed by atoms with E-state index in [1.54, 1.807) is 24.9 Å². The number of sulfonamides is 1. The lowest BCUT2D eigenvalue weighted by Gasteiger charge is -2.52. The highest BCUT2D eigenvalue weighted by Crippen LogP contribution is 2.49. The van der Waals surface area contributed by atoms with E-state index >= 15 is 0 Å². The maximum Gasteiger partial charge on any atom is 0.410 e. The van der Waals surface area contributed by atoms with Crippen molar-refractivity contribution in [2.75, 3.05) is 64.9 Å². The van der Waals surface area contributed by atoms with Crippen LogP contribution in [0.3, 0.4) is 0 Å². The average Bonchev–Trinajstić information content (AvgIpc) is 3.33. The van der Waals surface area contributed by atoms with Gasteiger partial charge in [0.25, 0.3) is 5.91 Å². The Hall–Kier alpha value is -3.32. The van der Waals surface area contributed by atoms with Crippen LogP contribution >= 0.6 is 11.6 Å². The van der Waals surface area contributed by atoms with Crippen molar-refractivity contribution in [2.24, 2.45) is 17.8 Å². The minimum absolute atomic E-state index is 0.192. The summed E-state index contributed by atoms with van der Waals surface area (Å²) < 4.78 is 48.9. The summed E-state index contributed by atoms with van der Waals surface area (Å²) in [4.78, 5) is 32.5. The van der Waals surface area contributed by atoms with Crippen molar-refractivity contribution in [3.63, 3.8) is 0 Å². The van der Waals surface area contributed by atoms with Crippen LogP contribution in [-0.4, -0.2) is 107 Å². The minimum Gasteiger partial charge on any atom is -0.490 e. The summed E-state index contributed by atoms with van der Waals surface area (Å²) in [5.74, 6) is 0.268. The summed E-state index contributed by atoms with van der Waals surface area (Å²) in [7, 11) is -0.383. The standard InChI is InChI=1S/C42H55ClN4O7S/c1-28-7-5-16-42(52-4,26-46-19-17-41(18-20-46)25-45(3)39(49)54-41)35-12-9-32(35)23-47-24-40(15-6-8-30-21-33(43)11-13-34(30)40)27-53-37-14-10-31(22-36(37)47)38(48)44-55(50,51)29(28)2/h5,10-11,13-14,16,21-22,28-29,32,35H,6-9,12,15,17-20,23-27H2,1-4H3,(H,44,48)/b16-5+/t28-,29+,32-,35+,40-,42+/m0/s1. The molecule has 2 aromatic rings. The molecule has 4 heterocycles. The van der Waals surface area contributed by atoms with Gasteiger partial charge < -0.3 is 24.0 Å². The van der Waals surface area contributed by atoms with Crippen LogP contribution in [0.2, 0.25) is 5.02 Å². The van der Waals surface area contributed by atoms with Gasteiger partial charge in [0.15, 0.2) is 0 Å². The van der Waals surface area contributed by atoms with Gasteiger partial charge in [0.1, 0.15) is 17.0 Å². The second-order valence-corrected chi connectivity index (χ2v) is 19.8. The van der Waals surface area contributed by atoms with Gasteiger partial charge in [0.2, 0.25) is 10.0 Å². The number of ether oxygens (including phenoxy) is 3. The summed E-state index contributed by atoms with van der Waals surface area (Å²) >= 11 is 6.50. The van der Waals surface area contributed by atoms with Gasteiger partial charge in [-0.05, 0) is 105 Å². The van der Waals surface area contributed by atoms with E-state index in [4.69, 9.17) is 25.8 Å². The molecule has 2 spiro atoms. The topological polar surface area (TPSA) is 118 Å². The Kier molecular flexibility index (Phi) is 10.2. The molecule has 0 radical (unpaired) electrons. The zero-order valence-corrected chi connectivity index (χ0v) is 34.1. The number of carbonyl (C=O) groups is 2. The lowest BCUT2D eigenvalue weighted by Crippen LogP contribution is -2.58. The summed E-state index contributed by atoms with van der Waals surface area (Å²) in [6, 6.07) is 11.5. The van der Waals surface area contributed by atoms with Gasteiger partial charge in [0.05, 0.1) is 24.1 Å². The number of anilines is 1. The van der Waals surface area contributed by atoms with Crippen LogP contribution in [0, 0.1) is 17.8 Å². The monoisotopic (exact) mass is 794 g/mol. The Morgan fingerprint density at radius 3 is 2.55 bits per heavy atom. The number of nitrogens with one attached hydrogen (secondary N) is 1. The number of halogens is 1. The van der Waals surface area contributed by atoms with Gasteiger partial charge in [0, 0.05) is 75.7 Å². The van der Waals surface area contributed by atoms with E-state index in [1.807, 2.05) is 32.2 Å². The first kappa shape index (κ1) is 38.5. The molecule has 0 aromatic heterocycles. The number of benzene rings is 2. The van der Waals surface area contributed by atoms with Crippen molar-refractivity contribution in [2.45, 2.75) is 87.1 Å². The number of nitrogens with zero attached hydrogens (tertiary/aromatic N) is 3. The Balaban J connectivity index is 1.16. The maximum absolute atomic E-state index is 13.7. The second kappa shape index (κ2) is 14.6. The SMILES string of the molecule is CO[C@@]1(CN2CCC3(CC2)CN(C)C(=O)O3)/C=C/C[C@H](C)[C@@H](C)S(=O)(=O)NC(=O)c2ccc3c(c2)N(C[C@@H]2CC[C@H]21)C[C@@]1(CCCc2cc(Cl)ccc21)CO3. The number of carbonyl (C=O) groups excluding carboxylic acids is 2. The number of rotatable bonds is 3. The van der Waals surface area contributed by atoms with Gasteiger partial charge in [-0.2, -0.15) is 0 Å². The fourth-order valence-electron chi connectivity index (χ4n) is 10.3. The lowest BCUT2D eigenvalue weighted by molar-refractivity contribution is -0.101. The molecule has 2 saturated heterocycles. The highest BCUT2D eigenvalue weighted by atomic mass is 35.5. The van der Waals surface area contributed by atoms with Crippen LogP contribution in [0.15, 0.2) is 48.6 Å². The quantitative estimate of drug-likeness (QED) is 0.364. The molecule has 2 aromatic carbocycles. The number of fused-ring (bicyclic) bond motifs is 4. The first-order chi connectivity index (χ1) is 26.2. The van der Waals surface area contributed by atoms with Crippen molar-refractivity contribution >= 4 is 39.3 Å². The second-order valence-electron chi connectivity index (χ2n) is 17.4. The van der Waals surface area contributed by atoms with Crippen molar-refractivity contribution in [1.29, 1.82) is 0 Å². The average molecular weight is 795 g/mol. The molecule has 6 aliphatic rings. The summed E-state index contributed by atoms with van der Waals surface area (Å²) in [5, 5.41) is -0.0805. The number of likely N-dealkylation sites (tertiary alicyclic amines) is 1. The molecule has 13 heteroatoms. The van der Waals surface area contributed by atoms with Crippen molar-refractivity contribution < 1.29 is 32.2 Å². The zero-order chi connectivity index (χ0) is 38.8. The van der Waals surface area contributed by atoms with Gasteiger partial charge in [-0.15, -0.1) is 0 Å². The first-order valence-electron chi connectivity index (χ1n) is 20.0. The molecule has 0 unspecified atom stereocenters. The van der Waals surface area contributed by atoms with Gasteiger partial charge in [-0.25, -0.2) is 17.9 Å². The summed E-state index contributed by atoms with van der Waals surface area (Å²) in [6.07, 6.45) is 11.1. The predicted octanol–water partition coefficient (Wildman–Crippen LogP) is 6.19. The molecule has 298 valence electrons. The number of hydrogen-bond acceptors (Lipinski definition) is 9. The van der Waals surface area contributed by atoms with E-state index in [0.29, 0.717) is 38.4 Å². The molecular weight excluding hydrogens is 740 g/mol. The van der Waals surface area contributed by atoms with Crippen LogP contribution in [0.5, 0.6) is 5.75 Å². The van der Waals surface area contributed by atoms with E-state index in [2.05, 4.69) is 38.8 Å². The molecule has 8 rings (SSSR count). The van der Waals surface area contributed by atoms with Gasteiger partial charge in [-0.1, -0.05) is 36.7 Å². The highest BCUT2D eigenvalue weighted by Gasteiger charge is 2.52. The molecule has 2 aliphatic carbocycles. The third-order valence-corrected chi connectivity index (χ3v) is 16.1. The molecule has 1 saturated carbocycles. The van der Waals surface area contributed by atoms with E-state index in [0.717, 1.165) is 75.3 Å². The molecule has 6 atom stereocenters. The molecule has 11 nitrogen and oxygen atoms in total. The molecule has 55 heavy (non-hydrogen) atoms. The van der Waals surface area contributed by atoms with Crippen LogP contribution in [0.4, 0.5) is 10.5 Å². The lowest BCUT2D eigenvalue weighted by atomic mass is 9.63. The molecule has 1 N–H and O–H groups in total. The Morgan fingerprint density at radius 1 is 1.04 bits per heavy atom. The number of likely N-dealkylation sites (N-methyl/N-ethyl adjacent to an activating group) is 1. The van der Waals surface area contributed by atoms with Crippen molar-refractivity contribution in [1.82, 2.24) is 14.5 Å². The third-order valence-electron chi connectivity index (χ3n) is 14.0. The molecule has 4 aliphatic heterocycles. The third kappa shape index (κ3) is 7.14. The molecule has 3 fully saturated rings. The molecule has 2 bridgehead atoms. The number of allylic oxidation sites excluding steroid dienone is 1. The smallest absolute Gasteiger partial charge is 0.410 e. The molecular formula is C42H55ClN4O7S. The fraction of sp³-hybridized carbons (Fsp3) is 0.619. The number of aryl methyl sites for hydroxylation is 1. The van der Waals surface area contributed by atoms with E-state index < -0.39 is 32.4 Å². The largest absolute Gasteiger partial charge is 0.490 e. The number of methoxy groups -OCH3 is 1. The van der Waals surface area contributed by atoms with Crippen LogP contribution in [-0.2, 0) is 31.3 Å². The first-order valence-corrected chi connectivity index (χ1v) is 21.9. The summed E-state index contributed by atoms with van der Waals surface area (Å²) in [6.45, 7) is 8.35. The van der Waals surface area contributed by atoms with Gasteiger partial charge >= 0.3 is 6.09 Å². The molecule has 2 amide bonds. The van der Waals surface area contributed by atoms with E-state index in [9.17, 15) is 18.0 Å². The number of amides is 2. The Bertz CT molecular complexity index is 1970. The number of hydrogen-bond donors (Lipinski definition) is 1. The van der Waals surface area contributed by atoms with Crippen LogP contribution < -0.4 is 14.4 Å². The van der Waals surface area contributed by atoms with E-state index in [1.165, 1.54) is 11.1 Å². The van der Waals surface area contributed by atoms with E-state index in [-0.39, 0.29) is 34.8 Å². The van der Waals surface area contributed by atoms with Crippen molar-refractivity contribution in [3.8, 4) is 5.75 Å². The number of piperidine rings is 1. The summed E-state index contributed by atoms with van der Waals surface area (Å²) in [5.41, 5.74) is 2.24. The Morgan fingerprint density at radius 2 is 1.84 bits per heavy atom. The normalized spacial score (nSPS) is 33.8. The highest BCUT2D eigenvalue weighted by molar-refractivity contribution is 7.90. The predicted molar refractivity (Wildman–Crippen MR) is 212 cm³/mol. The maximum atomic E-state index is 13.7. The minimum atomic E-state index is -3.99. The van der Waals surface area contributed by atoms with Crippen molar-refractivity contribution in [3.05, 3.63) is 70.3 Å².